The fraction of sp³-hybridized carbons (Fsp3) is 0.333. The lowest BCUT2D eigenvalue weighted by molar-refractivity contribution is 0.357. The van der Waals surface area contributed by atoms with Gasteiger partial charge in [-0.3, -0.25) is 0 Å². The summed E-state index contributed by atoms with van der Waals surface area (Å²) in [6.07, 6.45) is 2.09. The molecular formula is C18H21NO. The highest BCUT2D eigenvalue weighted by atomic mass is 16.5. The molecule has 0 fully saturated rings. The average molecular weight is 267 g/mol. The number of ether oxygens (including phenoxy) is 1. The van der Waals surface area contributed by atoms with E-state index in [4.69, 9.17) is 4.74 Å². The Morgan fingerprint density at radius 1 is 1.05 bits per heavy atom. The number of nitrogens with one attached hydrogen (secondary N) is 1. The van der Waals surface area contributed by atoms with Gasteiger partial charge in [0.05, 0.1) is 6.61 Å². The summed E-state index contributed by atoms with van der Waals surface area (Å²) in [5.74, 6) is 1.07. The number of rotatable bonds is 4. The van der Waals surface area contributed by atoms with Crippen molar-refractivity contribution in [1.29, 1.82) is 0 Å². The highest BCUT2D eigenvalue weighted by Gasteiger charge is 2.11. The molecule has 20 heavy (non-hydrogen) atoms. The standard InChI is InChI=1S/C18H21NO/c1-13-9-14(2)11-17(10-13)19-7-5-15-3-4-18-16(12-15)6-8-20-18/h3-4,9-12,19H,5-8H2,1-2H3. The lowest BCUT2D eigenvalue weighted by Crippen LogP contribution is -2.05. The van der Waals surface area contributed by atoms with Crippen molar-refractivity contribution in [1.82, 2.24) is 0 Å². The van der Waals surface area contributed by atoms with Crippen molar-refractivity contribution >= 4 is 5.69 Å². The molecule has 3 rings (SSSR count). The van der Waals surface area contributed by atoms with E-state index < -0.39 is 0 Å². The number of aryl methyl sites for hydroxylation is 2. The van der Waals surface area contributed by atoms with Crippen LogP contribution < -0.4 is 10.1 Å². The maximum atomic E-state index is 5.54. The zero-order chi connectivity index (χ0) is 13.9. The van der Waals surface area contributed by atoms with E-state index in [9.17, 15) is 0 Å². The average Bonchev–Trinajstić information content (AvgIpc) is 2.85. The predicted octanol–water partition coefficient (Wildman–Crippen LogP) is 3.89. The van der Waals surface area contributed by atoms with Crippen molar-refractivity contribution in [3.05, 3.63) is 58.7 Å². The number of hydrogen-bond donors (Lipinski definition) is 1. The number of anilines is 1. The van der Waals surface area contributed by atoms with Gasteiger partial charge in [-0.1, -0.05) is 18.2 Å². The Balaban J connectivity index is 1.59. The third-order valence-corrected chi connectivity index (χ3v) is 3.72. The molecule has 0 spiro atoms. The monoisotopic (exact) mass is 267 g/mol. The minimum Gasteiger partial charge on any atom is -0.493 e. The normalized spacial score (nSPS) is 12.9. The van der Waals surface area contributed by atoms with Crippen LogP contribution in [0.25, 0.3) is 0 Å². The Bertz CT molecular complexity index is 599. The summed E-state index contributed by atoms with van der Waals surface area (Å²) in [6, 6.07) is 13.2. The van der Waals surface area contributed by atoms with Gasteiger partial charge < -0.3 is 10.1 Å². The van der Waals surface area contributed by atoms with Crippen molar-refractivity contribution in [2.75, 3.05) is 18.5 Å². The lowest BCUT2D eigenvalue weighted by atomic mass is 10.1. The summed E-state index contributed by atoms with van der Waals surface area (Å²) in [5, 5.41) is 3.51. The van der Waals surface area contributed by atoms with Gasteiger partial charge in [-0.15, -0.1) is 0 Å². The summed E-state index contributed by atoms with van der Waals surface area (Å²) >= 11 is 0. The molecule has 2 nitrogen and oxygen atoms in total. The van der Waals surface area contributed by atoms with Crippen LogP contribution in [0.5, 0.6) is 5.75 Å². The smallest absolute Gasteiger partial charge is 0.122 e. The van der Waals surface area contributed by atoms with E-state index in [0.29, 0.717) is 0 Å². The Hall–Kier alpha value is -1.96. The predicted molar refractivity (Wildman–Crippen MR) is 83.8 cm³/mol. The molecule has 0 aliphatic carbocycles. The Kier molecular flexibility index (Phi) is 3.64. The van der Waals surface area contributed by atoms with Gasteiger partial charge in [0.25, 0.3) is 0 Å². The lowest BCUT2D eigenvalue weighted by Gasteiger charge is -2.09. The zero-order valence-corrected chi connectivity index (χ0v) is 12.2. The van der Waals surface area contributed by atoms with Gasteiger partial charge in [0.2, 0.25) is 0 Å². The van der Waals surface area contributed by atoms with Crippen LogP contribution in [0.1, 0.15) is 22.3 Å². The molecule has 1 N–H and O–H groups in total. The van der Waals surface area contributed by atoms with Crippen molar-refractivity contribution < 1.29 is 4.74 Å². The van der Waals surface area contributed by atoms with Gasteiger partial charge >= 0.3 is 0 Å². The van der Waals surface area contributed by atoms with E-state index in [1.165, 1.54) is 27.9 Å². The van der Waals surface area contributed by atoms with Crippen LogP contribution in [-0.2, 0) is 12.8 Å². The summed E-state index contributed by atoms with van der Waals surface area (Å²) < 4.78 is 5.54. The van der Waals surface area contributed by atoms with Gasteiger partial charge in [-0.25, -0.2) is 0 Å². The van der Waals surface area contributed by atoms with Crippen molar-refractivity contribution in [2.24, 2.45) is 0 Å². The van der Waals surface area contributed by atoms with E-state index in [1.807, 2.05) is 0 Å². The molecule has 2 aromatic carbocycles. The van der Waals surface area contributed by atoms with Crippen molar-refractivity contribution in [3.8, 4) is 5.75 Å². The van der Waals surface area contributed by atoms with Crippen LogP contribution in [0.4, 0.5) is 5.69 Å². The van der Waals surface area contributed by atoms with E-state index >= 15 is 0 Å². The maximum Gasteiger partial charge on any atom is 0.122 e. The summed E-state index contributed by atoms with van der Waals surface area (Å²) in [4.78, 5) is 0. The Morgan fingerprint density at radius 3 is 2.65 bits per heavy atom. The quantitative estimate of drug-likeness (QED) is 0.907. The molecule has 1 heterocycles. The molecule has 0 amide bonds. The highest BCUT2D eigenvalue weighted by Crippen LogP contribution is 2.26. The molecule has 1 aliphatic heterocycles. The zero-order valence-electron chi connectivity index (χ0n) is 12.2. The van der Waals surface area contributed by atoms with Crippen LogP contribution >= 0.6 is 0 Å². The van der Waals surface area contributed by atoms with Gasteiger partial charge in [0.1, 0.15) is 5.75 Å². The molecule has 2 heteroatoms. The van der Waals surface area contributed by atoms with Crippen LogP contribution in [-0.4, -0.2) is 13.2 Å². The summed E-state index contributed by atoms with van der Waals surface area (Å²) in [6.45, 7) is 6.07. The van der Waals surface area contributed by atoms with Crippen LogP contribution in [0.3, 0.4) is 0 Å². The van der Waals surface area contributed by atoms with E-state index in [0.717, 1.165) is 31.7 Å². The van der Waals surface area contributed by atoms with Crippen LogP contribution in [0.2, 0.25) is 0 Å². The van der Waals surface area contributed by atoms with Crippen LogP contribution in [0.15, 0.2) is 36.4 Å². The molecule has 1 aliphatic rings. The highest BCUT2D eigenvalue weighted by molar-refractivity contribution is 5.48. The molecule has 0 saturated heterocycles. The van der Waals surface area contributed by atoms with Gasteiger partial charge in [-0.05, 0) is 60.7 Å². The minimum atomic E-state index is 0.833. The number of fused-ring (bicyclic) bond motifs is 1. The van der Waals surface area contributed by atoms with Gasteiger partial charge in [0.15, 0.2) is 0 Å². The molecule has 104 valence electrons. The number of benzene rings is 2. The Morgan fingerprint density at radius 2 is 1.85 bits per heavy atom. The number of hydrogen-bond acceptors (Lipinski definition) is 2. The molecule has 0 aromatic heterocycles. The first-order valence-corrected chi connectivity index (χ1v) is 7.27. The molecule has 0 bridgehead atoms. The van der Waals surface area contributed by atoms with Crippen molar-refractivity contribution in [3.63, 3.8) is 0 Å². The molecule has 0 radical (unpaired) electrons. The summed E-state index contributed by atoms with van der Waals surface area (Å²) in [5.41, 5.74) is 6.57. The largest absolute Gasteiger partial charge is 0.493 e. The molecule has 0 atom stereocenters. The van der Waals surface area contributed by atoms with E-state index in [1.54, 1.807) is 0 Å². The third-order valence-electron chi connectivity index (χ3n) is 3.72. The van der Waals surface area contributed by atoms with Gasteiger partial charge in [-0.2, -0.15) is 0 Å². The first kappa shape index (κ1) is 13.0. The second kappa shape index (κ2) is 5.58. The van der Waals surface area contributed by atoms with Crippen LogP contribution in [0, 0.1) is 13.8 Å². The minimum absolute atomic E-state index is 0.833. The summed E-state index contributed by atoms with van der Waals surface area (Å²) in [7, 11) is 0. The molecule has 0 unspecified atom stereocenters. The molecular weight excluding hydrogens is 246 g/mol. The second-order valence-electron chi connectivity index (χ2n) is 5.59. The van der Waals surface area contributed by atoms with E-state index in [-0.39, 0.29) is 0 Å². The third kappa shape index (κ3) is 2.96. The van der Waals surface area contributed by atoms with Crippen molar-refractivity contribution in [2.45, 2.75) is 26.7 Å². The second-order valence-corrected chi connectivity index (χ2v) is 5.59. The fourth-order valence-corrected chi connectivity index (χ4v) is 2.82. The molecule has 2 aromatic rings. The first-order chi connectivity index (χ1) is 9.70. The molecule has 0 saturated carbocycles. The maximum absolute atomic E-state index is 5.54. The van der Waals surface area contributed by atoms with E-state index in [2.05, 4.69) is 55.6 Å². The first-order valence-electron chi connectivity index (χ1n) is 7.27. The fourth-order valence-electron chi connectivity index (χ4n) is 2.82. The Labute approximate surface area is 120 Å². The topological polar surface area (TPSA) is 21.3 Å². The van der Waals surface area contributed by atoms with Gasteiger partial charge in [0, 0.05) is 18.7 Å². The SMILES string of the molecule is Cc1cc(C)cc(NCCc2ccc3c(c2)CCO3)c1.